The number of benzene rings is 1. The molecule has 1 saturated carbocycles. The molecule has 1 saturated heterocycles. The second kappa shape index (κ2) is 5.08. The number of hydrogen-bond acceptors (Lipinski definition) is 3. The first-order valence-corrected chi connectivity index (χ1v) is 8.46. The van der Waals surface area contributed by atoms with Gasteiger partial charge in [0.15, 0.2) is 0 Å². The lowest BCUT2D eigenvalue weighted by Gasteiger charge is -2.35. The van der Waals surface area contributed by atoms with E-state index in [0.717, 1.165) is 38.6 Å². The van der Waals surface area contributed by atoms with Crippen molar-refractivity contribution >= 4 is 17.7 Å². The summed E-state index contributed by atoms with van der Waals surface area (Å²) in [6.07, 6.45) is 3.63. The lowest BCUT2D eigenvalue weighted by Crippen LogP contribution is -2.51. The van der Waals surface area contributed by atoms with E-state index in [9.17, 15) is 4.79 Å². The SMILES string of the molecule is O=C(C1Cc2ccccc2S1)N1CCN(C2CC2)CC1. The van der Waals surface area contributed by atoms with Gasteiger partial charge < -0.3 is 4.90 Å². The molecule has 1 aliphatic carbocycles. The Bertz CT molecular complexity index is 496. The van der Waals surface area contributed by atoms with E-state index in [0.29, 0.717) is 5.91 Å². The fourth-order valence-electron chi connectivity index (χ4n) is 3.27. The van der Waals surface area contributed by atoms with Crippen LogP contribution in [0.15, 0.2) is 29.2 Å². The van der Waals surface area contributed by atoms with Crippen LogP contribution in [-0.2, 0) is 11.2 Å². The van der Waals surface area contributed by atoms with Gasteiger partial charge in [-0.1, -0.05) is 18.2 Å². The molecule has 2 heterocycles. The van der Waals surface area contributed by atoms with Crippen molar-refractivity contribution in [3.05, 3.63) is 29.8 Å². The van der Waals surface area contributed by atoms with E-state index >= 15 is 0 Å². The third-order valence-corrected chi connectivity index (χ3v) is 5.92. The van der Waals surface area contributed by atoms with Gasteiger partial charge in [-0.05, 0) is 30.9 Å². The van der Waals surface area contributed by atoms with Gasteiger partial charge in [-0.25, -0.2) is 0 Å². The number of nitrogens with zero attached hydrogens (tertiary/aromatic N) is 2. The van der Waals surface area contributed by atoms with Crippen molar-refractivity contribution in [2.45, 2.75) is 35.4 Å². The average molecular weight is 288 g/mol. The van der Waals surface area contributed by atoms with Crippen molar-refractivity contribution in [2.24, 2.45) is 0 Å². The Kier molecular flexibility index (Phi) is 3.23. The summed E-state index contributed by atoms with van der Waals surface area (Å²) in [5.74, 6) is 0.349. The third-order valence-electron chi connectivity index (χ3n) is 4.61. The van der Waals surface area contributed by atoms with E-state index in [1.807, 2.05) is 0 Å². The average Bonchev–Trinajstić information content (AvgIpc) is 3.25. The van der Waals surface area contributed by atoms with Gasteiger partial charge >= 0.3 is 0 Å². The topological polar surface area (TPSA) is 23.6 Å². The molecule has 2 aliphatic heterocycles. The van der Waals surface area contributed by atoms with Crippen molar-refractivity contribution in [3.8, 4) is 0 Å². The maximum atomic E-state index is 12.6. The molecule has 3 nitrogen and oxygen atoms in total. The maximum Gasteiger partial charge on any atom is 0.236 e. The van der Waals surface area contributed by atoms with E-state index in [1.165, 1.54) is 23.3 Å². The first kappa shape index (κ1) is 12.7. The van der Waals surface area contributed by atoms with Gasteiger partial charge in [0.2, 0.25) is 5.91 Å². The fourth-order valence-corrected chi connectivity index (χ4v) is 4.55. The number of fused-ring (bicyclic) bond motifs is 1. The molecule has 106 valence electrons. The first-order chi connectivity index (χ1) is 9.81. The van der Waals surface area contributed by atoms with E-state index in [4.69, 9.17) is 0 Å². The zero-order valence-electron chi connectivity index (χ0n) is 11.6. The van der Waals surface area contributed by atoms with E-state index in [1.54, 1.807) is 11.8 Å². The molecule has 1 unspecified atom stereocenters. The molecule has 3 aliphatic rings. The Hall–Kier alpha value is -1.00. The molecule has 0 radical (unpaired) electrons. The Balaban J connectivity index is 1.37. The molecule has 0 bridgehead atoms. The van der Waals surface area contributed by atoms with Gasteiger partial charge in [-0.3, -0.25) is 9.69 Å². The minimum absolute atomic E-state index is 0.111. The standard InChI is InChI=1S/C16H20N2OS/c19-16(15-11-12-3-1-2-4-14(12)20-15)18-9-7-17(8-10-18)13-5-6-13/h1-4,13,15H,5-11H2. The molecule has 0 spiro atoms. The number of thioether (sulfide) groups is 1. The molecule has 4 rings (SSSR count). The van der Waals surface area contributed by atoms with Crippen LogP contribution in [0.3, 0.4) is 0 Å². The summed E-state index contributed by atoms with van der Waals surface area (Å²) < 4.78 is 0. The predicted octanol–water partition coefficient (Wildman–Crippen LogP) is 2.01. The quantitative estimate of drug-likeness (QED) is 0.832. The van der Waals surface area contributed by atoms with Crippen LogP contribution < -0.4 is 0 Å². The summed E-state index contributed by atoms with van der Waals surface area (Å²) in [5, 5.41) is 0.111. The molecule has 20 heavy (non-hydrogen) atoms. The van der Waals surface area contributed by atoms with E-state index in [2.05, 4.69) is 34.1 Å². The van der Waals surface area contributed by atoms with Crippen LogP contribution in [0.5, 0.6) is 0 Å². The Morgan fingerprint density at radius 1 is 1.10 bits per heavy atom. The molecule has 0 N–H and O–H groups in total. The van der Waals surface area contributed by atoms with Gasteiger partial charge in [-0.2, -0.15) is 0 Å². The molecule has 1 aromatic rings. The summed E-state index contributed by atoms with van der Waals surface area (Å²) in [6, 6.07) is 9.25. The van der Waals surface area contributed by atoms with E-state index in [-0.39, 0.29) is 5.25 Å². The highest BCUT2D eigenvalue weighted by Crippen LogP contribution is 2.37. The van der Waals surface area contributed by atoms with Crippen LogP contribution in [-0.4, -0.2) is 53.2 Å². The molecule has 2 fully saturated rings. The van der Waals surface area contributed by atoms with Crippen molar-refractivity contribution in [1.82, 2.24) is 9.80 Å². The Morgan fingerprint density at radius 2 is 1.85 bits per heavy atom. The molecule has 0 aromatic heterocycles. The number of rotatable bonds is 2. The molecular weight excluding hydrogens is 268 g/mol. The van der Waals surface area contributed by atoms with Crippen LogP contribution in [0.25, 0.3) is 0 Å². The summed E-state index contributed by atoms with van der Waals surface area (Å²) >= 11 is 1.75. The summed E-state index contributed by atoms with van der Waals surface area (Å²) in [7, 11) is 0. The number of carbonyl (C=O) groups excluding carboxylic acids is 1. The largest absolute Gasteiger partial charge is 0.339 e. The van der Waals surface area contributed by atoms with Crippen LogP contribution in [0.2, 0.25) is 0 Å². The zero-order chi connectivity index (χ0) is 13.5. The molecule has 1 aromatic carbocycles. The second-order valence-corrected chi connectivity index (χ2v) is 7.26. The van der Waals surface area contributed by atoms with Crippen molar-refractivity contribution in [3.63, 3.8) is 0 Å². The Labute approximate surface area is 124 Å². The molecule has 4 heteroatoms. The van der Waals surface area contributed by atoms with E-state index < -0.39 is 0 Å². The maximum absolute atomic E-state index is 12.6. The monoisotopic (exact) mass is 288 g/mol. The van der Waals surface area contributed by atoms with Crippen LogP contribution in [0, 0.1) is 0 Å². The number of hydrogen-bond donors (Lipinski definition) is 0. The highest BCUT2D eigenvalue weighted by atomic mass is 32.2. The Morgan fingerprint density at radius 3 is 2.55 bits per heavy atom. The van der Waals surface area contributed by atoms with Gasteiger partial charge in [0.1, 0.15) is 0 Å². The lowest BCUT2D eigenvalue weighted by atomic mass is 10.1. The number of amides is 1. The van der Waals surface area contributed by atoms with Crippen LogP contribution in [0.1, 0.15) is 18.4 Å². The van der Waals surface area contributed by atoms with Crippen LogP contribution >= 0.6 is 11.8 Å². The predicted molar refractivity (Wildman–Crippen MR) is 81.0 cm³/mol. The molecular formula is C16H20N2OS. The number of piperazine rings is 1. The third kappa shape index (κ3) is 2.35. The van der Waals surface area contributed by atoms with Crippen molar-refractivity contribution in [2.75, 3.05) is 26.2 Å². The first-order valence-electron chi connectivity index (χ1n) is 7.58. The van der Waals surface area contributed by atoms with Crippen molar-refractivity contribution < 1.29 is 4.79 Å². The zero-order valence-corrected chi connectivity index (χ0v) is 12.4. The normalized spacial score (nSPS) is 26.6. The summed E-state index contributed by atoms with van der Waals surface area (Å²) in [6.45, 7) is 3.98. The van der Waals surface area contributed by atoms with Gasteiger partial charge in [0, 0.05) is 37.1 Å². The second-order valence-electron chi connectivity index (χ2n) is 6.01. The highest BCUT2D eigenvalue weighted by Gasteiger charge is 2.35. The fraction of sp³-hybridized carbons (Fsp3) is 0.562. The van der Waals surface area contributed by atoms with Crippen LogP contribution in [0.4, 0.5) is 0 Å². The smallest absolute Gasteiger partial charge is 0.236 e. The summed E-state index contributed by atoms with van der Waals surface area (Å²) in [4.78, 5) is 18.6. The minimum atomic E-state index is 0.111. The molecule has 1 atom stereocenters. The van der Waals surface area contributed by atoms with Gasteiger partial charge in [0.05, 0.1) is 5.25 Å². The highest BCUT2D eigenvalue weighted by molar-refractivity contribution is 8.01. The lowest BCUT2D eigenvalue weighted by molar-refractivity contribution is -0.132. The number of carbonyl (C=O) groups is 1. The summed E-state index contributed by atoms with van der Waals surface area (Å²) in [5.41, 5.74) is 1.34. The van der Waals surface area contributed by atoms with Gasteiger partial charge in [0.25, 0.3) is 0 Å². The minimum Gasteiger partial charge on any atom is -0.339 e. The molecule has 1 amide bonds. The van der Waals surface area contributed by atoms with Gasteiger partial charge in [-0.15, -0.1) is 11.8 Å². The van der Waals surface area contributed by atoms with Crippen molar-refractivity contribution in [1.29, 1.82) is 0 Å².